The standard InChI is InChI=1S/C16H11BrFN3O2S/c17-12-3-1-2-4-13(12)19-14(22)9-24-16-21-20-15(23-16)10-5-7-11(18)8-6-10/h1-8H,9H2,(H,19,22). The molecule has 3 aromatic rings. The van der Waals surface area contributed by atoms with Gasteiger partial charge in [-0.15, -0.1) is 10.2 Å². The predicted octanol–water partition coefficient (Wildman–Crippen LogP) is 4.37. The van der Waals surface area contributed by atoms with Crippen LogP contribution in [0.15, 0.2) is 62.6 Å². The third-order valence-corrected chi connectivity index (χ3v) is 4.48. The van der Waals surface area contributed by atoms with Crippen LogP contribution in [-0.4, -0.2) is 21.9 Å². The first-order valence-corrected chi connectivity index (χ1v) is 8.66. The van der Waals surface area contributed by atoms with Crippen molar-refractivity contribution in [1.82, 2.24) is 10.2 Å². The quantitative estimate of drug-likeness (QED) is 0.635. The molecule has 5 nitrogen and oxygen atoms in total. The monoisotopic (exact) mass is 407 g/mol. The highest BCUT2D eigenvalue weighted by atomic mass is 79.9. The van der Waals surface area contributed by atoms with Crippen LogP contribution >= 0.6 is 27.7 Å². The van der Waals surface area contributed by atoms with Crippen LogP contribution in [-0.2, 0) is 4.79 Å². The van der Waals surface area contributed by atoms with Crippen LogP contribution in [0.25, 0.3) is 11.5 Å². The van der Waals surface area contributed by atoms with Crippen molar-refractivity contribution in [3.63, 3.8) is 0 Å². The molecule has 3 rings (SSSR count). The van der Waals surface area contributed by atoms with Crippen molar-refractivity contribution in [2.45, 2.75) is 5.22 Å². The molecule has 0 unspecified atom stereocenters. The number of benzene rings is 2. The van der Waals surface area contributed by atoms with Gasteiger partial charge in [0, 0.05) is 10.0 Å². The minimum atomic E-state index is -0.336. The average molecular weight is 408 g/mol. The SMILES string of the molecule is O=C(CSc1nnc(-c2ccc(F)cc2)o1)Nc1ccccc1Br. The molecule has 0 saturated heterocycles. The number of carbonyl (C=O) groups is 1. The molecule has 1 heterocycles. The topological polar surface area (TPSA) is 68.0 Å². The number of anilines is 1. The van der Waals surface area contributed by atoms with Gasteiger partial charge in [-0.3, -0.25) is 4.79 Å². The number of thioether (sulfide) groups is 1. The van der Waals surface area contributed by atoms with Gasteiger partial charge in [-0.1, -0.05) is 23.9 Å². The van der Waals surface area contributed by atoms with Crippen molar-refractivity contribution in [1.29, 1.82) is 0 Å². The van der Waals surface area contributed by atoms with E-state index in [1.165, 1.54) is 12.1 Å². The maximum atomic E-state index is 12.9. The van der Waals surface area contributed by atoms with Crippen LogP contribution < -0.4 is 5.32 Å². The molecule has 122 valence electrons. The first-order chi connectivity index (χ1) is 11.6. The van der Waals surface area contributed by atoms with Gasteiger partial charge in [-0.2, -0.15) is 0 Å². The Bertz CT molecular complexity index is 855. The zero-order chi connectivity index (χ0) is 16.9. The third kappa shape index (κ3) is 4.21. The van der Waals surface area contributed by atoms with Gasteiger partial charge in [-0.25, -0.2) is 4.39 Å². The lowest BCUT2D eigenvalue weighted by molar-refractivity contribution is -0.113. The fraction of sp³-hybridized carbons (Fsp3) is 0.0625. The molecule has 0 fully saturated rings. The normalized spacial score (nSPS) is 10.6. The molecule has 8 heteroatoms. The minimum Gasteiger partial charge on any atom is -0.411 e. The van der Waals surface area contributed by atoms with Crippen molar-refractivity contribution in [2.24, 2.45) is 0 Å². The summed E-state index contributed by atoms with van der Waals surface area (Å²) in [4.78, 5) is 12.0. The van der Waals surface area contributed by atoms with Gasteiger partial charge in [0.05, 0.1) is 11.4 Å². The van der Waals surface area contributed by atoms with Crippen LogP contribution in [0.5, 0.6) is 0 Å². The van der Waals surface area contributed by atoms with Crippen LogP contribution in [0, 0.1) is 5.82 Å². The number of halogens is 2. The Kier molecular flexibility index (Phi) is 5.27. The average Bonchev–Trinajstić information content (AvgIpc) is 3.05. The summed E-state index contributed by atoms with van der Waals surface area (Å²) in [5.74, 6) is -0.111. The number of aromatic nitrogens is 2. The van der Waals surface area contributed by atoms with E-state index in [-0.39, 0.29) is 28.6 Å². The van der Waals surface area contributed by atoms with Crippen molar-refractivity contribution >= 4 is 39.3 Å². The molecule has 0 atom stereocenters. The lowest BCUT2D eigenvalue weighted by Gasteiger charge is -2.05. The lowest BCUT2D eigenvalue weighted by atomic mass is 10.2. The fourth-order valence-corrected chi connectivity index (χ4v) is 2.80. The van der Waals surface area contributed by atoms with Crippen molar-refractivity contribution in [3.8, 4) is 11.5 Å². The second-order valence-electron chi connectivity index (χ2n) is 4.70. The molecular formula is C16H11BrFN3O2S. The highest BCUT2D eigenvalue weighted by Crippen LogP contribution is 2.24. The van der Waals surface area contributed by atoms with E-state index in [1.54, 1.807) is 18.2 Å². The van der Waals surface area contributed by atoms with Crippen molar-refractivity contribution < 1.29 is 13.6 Å². The summed E-state index contributed by atoms with van der Waals surface area (Å²) in [6.07, 6.45) is 0. The molecule has 1 amide bonds. The highest BCUT2D eigenvalue weighted by Gasteiger charge is 2.12. The third-order valence-electron chi connectivity index (χ3n) is 2.97. The number of carbonyl (C=O) groups excluding carboxylic acids is 1. The van der Waals surface area contributed by atoms with Gasteiger partial charge < -0.3 is 9.73 Å². The Morgan fingerprint density at radius 1 is 1.17 bits per heavy atom. The first kappa shape index (κ1) is 16.7. The maximum Gasteiger partial charge on any atom is 0.277 e. The number of para-hydroxylation sites is 1. The summed E-state index contributed by atoms with van der Waals surface area (Å²) >= 11 is 4.50. The molecule has 0 spiro atoms. The number of nitrogens with one attached hydrogen (secondary N) is 1. The summed E-state index contributed by atoms with van der Waals surface area (Å²) in [6, 6.07) is 13.1. The fourth-order valence-electron chi connectivity index (χ4n) is 1.85. The minimum absolute atomic E-state index is 0.131. The predicted molar refractivity (Wildman–Crippen MR) is 93.2 cm³/mol. The molecule has 0 bridgehead atoms. The van der Waals surface area contributed by atoms with Crippen LogP contribution in [0.2, 0.25) is 0 Å². The molecule has 24 heavy (non-hydrogen) atoms. The summed E-state index contributed by atoms with van der Waals surface area (Å²) in [7, 11) is 0. The molecule has 1 N–H and O–H groups in total. The summed E-state index contributed by atoms with van der Waals surface area (Å²) in [6.45, 7) is 0. The zero-order valence-corrected chi connectivity index (χ0v) is 14.6. The van der Waals surface area contributed by atoms with Crippen LogP contribution in [0.1, 0.15) is 0 Å². The van der Waals surface area contributed by atoms with Gasteiger partial charge in [0.25, 0.3) is 5.22 Å². The Morgan fingerprint density at radius 2 is 1.92 bits per heavy atom. The van der Waals surface area contributed by atoms with Gasteiger partial charge in [0.1, 0.15) is 5.82 Å². The van der Waals surface area contributed by atoms with E-state index in [0.29, 0.717) is 11.3 Å². The van der Waals surface area contributed by atoms with Crippen LogP contribution in [0.3, 0.4) is 0 Å². The molecule has 0 saturated carbocycles. The Morgan fingerprint density at radius 3 is 2.67 bits per heavy atom. The second kappa shape index (κ2) is 7.59. The molecule has 0 aliphatic carbocycles. The highest BCUT2D eigenvalue weighted by molar-refractivity contribution is 9.10. The van der Waals surface area contributed by atoms with E-state index >= 15 is 0 Å². The number of hydrogen-bond donors (Lipinski definition) is 1. The number of rotatable bonds is 5. The van der Waals surface area contributed by atoms with Crippen molar-refractivity contribution in [3.05, 3.63) is 58.8 Å². The van der Waals surface area contributed by atoms with E-state index in [2.05, 4.69) is 31.4 Å². The second-order valence-corrected chi connectivity index (χ2v) is 6.48. The lowest BCUT2D eigenvalue weighted by Crippen LogP contribution is -2.14. The molecule has 0 aliphatic heterocycles. The largest absolute Gasteiger partial charge is 0.411 e. The van der Waals surface area contributed by atoms with E-state index in [9.17, 15) is 9.18 Å². The van der Waals surface area contributed by atoms with Crippen molar-refractivity contribution in [2.75, 3.05) is 11.1 Å². The summed E-state index contributed by atoms with van der Waals surface area (Å²) in [5.41, 5.74) is 1.31. The van der Waals surface area contributed by atoms with Gasteiger partial charge >= 0.3 is 0 Å². The van der Waals surface area contributed by atoms with Gasteiger partial charge in [0.15, 0.2) is 0 Å². The Balaban J connectivity index is 1.58. The summed E-state index contributed by atoms with van der Waals surface area (Å²) in [5, 5.41) is 10.8. The molecule has 1 aromatic heterocycles. The Labute approximate surface area is 149 Å². The molecular weight excluding hydrogens is 397 g/mol. The molecule has 0 aliphatic rings. The first-order valence-electron chi connectivity index (χ1n) is 6.88. The van der Waals surface area contributed by atoms with E-state index in [1.807, 2.05) is 18.2 Å². The molecule has 0 radical (unpaired) electrons. The zero-order valence-electron chi connectivity index (χ0n) is 12.2. The smallest absolute Gasteiger partial charge is 0.277 e. The van der Waals surface area contributed by atoms with E-state index in [4.69, 9.17) is 4.42 Å². The Hall–Kier alpha value is -2.19. The summed E-state index contributed by atoms with van der Waals surface area (Å²) < 4.78 is 19.2. The maximum absolute atomic E-state index is 12.9. The van der Waals surface area contributed by atoms with Gasteiger partial charge in [0.2, 0.25) is 11.8 Å². The number of hydrogen-bond acceptors (Lipinski definition) is 5. The molecule has 2 aromatic carbocycles. The van der Waals surface area contributed by atoms with E-state index in [0.717, 1.165) is 16.2 Å². The van der Waals surface area contributed by atoms with Gasteiger partial charge in [-0.05, 0) is 52.3 Å². The number of amides is 1. The van der Waals surface area contributed by atoms with Crippen LogP contribution in [0.4, 0.5) is 10.1 Å². The number of nitrogens with zero attached hydrogens (tertiary/aromatic N) is 2. The van der Waals surface area contributed by atoms with E-state index < -0.39 is 0 Å².